The lowest BCUT2D eigenvalue weighted by molar-refractivity contribution is -0.385. The first-order valence-corrected chi connectivity index (χ1v) is 7.58. The van der Waals surface area contributed by atoms with Crippen molar-refractivity contribution in [2.45, 2.75) is 6.18 Å². The Labute approximate surface area is 150 Å². The molecule has 10 heteroatoms. The van der Waals surface area contributed by atoms with Gasteiger partial charge in [0.05, 0.1) is 17.0 Å². The molecule has 0 spiro atoms. The second kappa shape index (κ2) is 8.05. The molecule has 1 amide bonds. The van der Waals surface area contributed by atoms with Crippen molar-refractivity contribution in [1.29, 1.82) is 0 Å². The van der Waals surface area contributed by atoms with Crippen LogP contribution < -0.4 is 10.1 Å². The molecule has 0 atom stereocenters. The lowest BCUT2D eigenvalue weighted by Crippen LogP contribution is -2.28. The van der Waals surface area contributed by atoms with Crippen molar-refractivity contribution < 1.29 is 27.6 Å². The Bertz CT molecular complexity index is 810. The van der Waals surface area contributed by atoms with E-state index in [-0.39, 0.29) is 13.2 Å². The third-order valence-electron chi connectivity index (χ3n) is 3.19. The van der Waals surface area contributed by atoms with E-state index in [1.165, 1.54) is 0 Å². The Hall–Kier alpha value is -2.81. The van der Waals surface area contributed by atoms with Crippen LogP contribution in [0.4, 0.5) is 18.9 Å². The predicted molar refractivity (Wildman–Crippen MR) is 87.4 cm³/mol. The summed E-state index contributed by atoms with van der Waals surface area (Å²) in [6, 6.07) is 8.16. The number of non-ortho nitro benzene ring substituents is 1. The fraction of sp³-hybridized carbons (Fsp3) is 0.188. The number of carbonyl (C=O) groups is 1. The maximum atomic E-state index is 12.8. The van der Waals surface area contributed by atoms with E-state index >= 15 is 0 Å². The molecule has 0 radical (unpaired) electrons. The van der Waals surface area contributed by atoms with Crippen LogP contribution in [0.15, 0.2) is 42.5 Å². The van der Waals surface area contributed by atoms with Crippen LogP contribution in [0.25, 0.3) is 0 Å². The number of nitrogens with one attached hydrogen (secondary N) is 1. The minimum absolute atomic E-state index is 0.00843. The molecular weight excluding hydrogens is 377 g/mol. The van der Waals surface area contributed by atoms with Crippen LogP contribution in [-0.2, 0) is 6.18 Å². The van der Waals surface area contributed by atoms with Crippen molar-refractivity contribution in [2.75, 3.05) is 13.2 Å². The van der Waals surface area contributed by atoms with Gasteiger partial charge in [0.15, 0.2) is 0 Å². The molecule has 0 bridgehead atoms. The molecule has 0 aliphatic carbocycles. The molecule has 2 aromatic carbocycles. The molecule has 1 N–H and O–H groups in total. The normalized spacial score (nSPS) is 11.1. The van der Waals surface area contributed by atoms with Gasteiger partial charge in [0, 0.05) is 22.7 Å². The van der Waals surface area contributed by atoms with E-state index in [9.17, 15) is 28.1 Å². The van der Waals surface area contributed by atoms with E-state index in [0.717, 1.165) is 6.07 Å². The van der Waals surface area contributed by atoms with Crippen LogP contribution in [-0.4, -0.2) is 24.0 Å². The van der Waals surface area contributed by atoms with E-state index < -0.39 is 33.8 Å². The number of hydrogen-bond donors (Lipinski definition) is 1. The molecule has 0 aliphatic rings. The van der Waals surface area contributed by atoms with Gasteiger partial charge in [-0.15, -0.1) is 0 Å². The second-order valence-corrected chi connectivity index (χ2v) is 5.52. The summed E-state index contributed by atoms with van der Waals surface area (Å²) in [5, 5.41) is 13.6. The molecule has 0 unspecified atom stereocenters. The number of nitrogens with zero attached hydrogens (tertiary/aromatic N) is 1. The Morgan fingerprint density at radius 3 is 2.42 bits per heavy atom. The minimum Gasteiger partial charge on any atom is -0.492 e. The summed E-state index contributed by atoms with van der Waals surface area (Å²) >= 11 is 5.72. The number of rotatable bonds is 6. The molecule has 2 aromatic rings. The molecule has 0 fully saturated rings. The summed E-state index contributed by atoms with van der Waals surface area (Å²) in [4.78, 5) is 21.8. The van der Waals surface area contributed by atoms with Gasteiger partial charge in [-0.3, -0.25) is 14.9 Å². The number of nitro benzene ring substituents is 1. The number of ether oxygens (including phenoxy) is 1. The molecule has 0 aliphatic heterocycles. The van der Waals surface area contributed by atoms with E-state index in [0.29, 0.717) is 22.9 Å². The van der Waals surface area contributed by atoms with Crippen molar-refractivity contribution >= 4 is 23.2 Å². The monoisotopic (exact) mass is 388 g/mol. The van der Waals surface area contributed by atoms with Gasteiger partial charge in [0.1, 0.15) is 12.4 Å². The molecule has 138 valence electrons. The van der Waals surface area contributed by atoms with Gasteiger partial charge in [0.2, 0.25) is 0 Å². The van der Waals surface area contributed by atoms with Crippen LogP contribution in [0.5, 0.6) is 5.75 Å². The molecule has 0 saturated heterocycles. The fourth-order valence-electron chi connectivity index (χ4n) is 1.98. The van der Waals surface area contributed by atoms with Gasteiger partial charge in [-0.2, -0.15) is 13.2 Å². The van der Waals surface area contributed by atoms with E-state index in [1.807, 2.05) is 0 Å². The number of alkyl halides is 3. The molecule has 26 heavy (non-hydrogen) atoms. The first kappa shape index (κ1) is 19.5. The molecule has 0 aromatic heterocycles. The fourth-order valence-corrected chi connectivity index (χ4v) is 2.10. The number of amides is 1. The summed E-state index contributed by atoms with van der Waals surface area (Å²) in [5.74, 6) is -0.378. The third kappa shape index (κ3) is 5.35. The van der Waals surface area contributed by atoms with Crippen molar-refractivity contribution in [3.8, 4) is 5.75 Å². The zero-order valence-electron chi connectivity index (χ0n) is 13.0. The number of halogens is 4. The Morgan fingerprint density at radius 1 is 1.19 bits per heavy atom. The number of hydrogen-bond acceptors (Lipinski definition) is 4. The van der Waals surface area contributed by atoms with Crippen molar-refractivity contribution in [1.82, 2.24) is 5.32 Å². The summed E-state index contributed by atoms with van der Waals surface area (Å²) < 4.78 is 43.8. The topological polar surface area (TPSA) is 81.5 Å². The highest BCUT2D eigenvalue weighted by molar-refractivity contribution is 6.30. The van der Waals surface area contributed by atoms with Crippen LogP contribution in [0, 0.1) is 10.1 Å². The highest BCUT2D eigenvalue weighted by atomic mass is 35.5. The Balaban J connectivity index is 2.01. The first-order chi connectivity index (χ1) is 12.2. The molecule has 0 heterocycles. The average Bonchev–Trinajstić information content (AvgIpc) is 2.58. The quantitative estimate of drug-likeness (QED) is 0.459. The Morgan fingerprint density at radius 2 is 1.85 bits per heavy atom. The van der Waals surface area contributed by atoms with Crippen LogP contribution in [0.1, 0.15) is 15.9 Å². The van der Waals surface area contributed by atoms with Crippen LogP contribution in [0.2, 0.25) is 5.02 Å². The van der Waals surface area contributed by atoms with Gasteiger partial charge in [-0.1, -0.05) is 11.6 Å². The number of benzene rings is 2. The van der Waals surface area contributed by atoms with Gasteiger partial charge in [-0.05, 0) is 30.3 Å². The third-order valence-corrected chi connectivity index (χ3v) is 3.44. The van der Waals surface area contributed by atoms with Crippen molar-refractivity contribution in [3.63, 3.8) is 0 Å². The summed E-state index contributed by atoms with van der Waals surface area (Å²) in [6.07, 6.45) is -4.81. The molecular formula is C16H12ClF3N2O4. The van der Waals surface area contributed by atoms with E-state index in [1.54, 1.807) is 24.3 Å². The largest absolute Gasteiger partial charge is 0.492 e. The summed E-state index contributed by atoms with van der Waals surface area (Å²) in [5.41, 5.74) is -2.55. The number of carbonyl (C=O) groups excluding carboxylic acids is 1. The van der Waals surface area contributed by atoms with Gasteiger partial charge in [-0.25, -0.2) is 0 Å². The summed E-state index contributed by atoms with van der Waals surface area (Å²) in [6.45, 7) is 0.0416. The van der Waals surface area contributed by atoms with Crippen molar-refractivity contribution in [3.05, 3.63) is 68.7 Å². The van der Waals surface area contributed by atoms with Crippen LogP contribution in [0.3, 0.4) is 0 Å². The SMILES string of the molecule is O=C(NCCOc1ccc(Cl)cc1)c1cc([N+](=O)[O-])cc(C(F)(F)F)c1. The van der Waals surface area contributed by atoms with E-state index in [2.05, 4.69) is 5.32 Å². The lowest BCUT2D eigenvalue weighted by atomic mass is 10.1. The first-order valence-electron chi connectivity index (χ1n) is 7.20. The lowest BCUT2D eigenvalue weighted by Gasteiger charge is -2.10. The van der Waals surface area contributed by atoms with Gasteiger partial charge >= 0.3 is 6.18 Å². The maximum Gasteiger partial charge on any atom is 0.416 e. The molecule has 2 rings (SSSR count). The van der Waals surface area contributed by atoms with Gasteiger partial charge < -0.3 is 10.1 Å². The van der Waals surface area contributed by atoms with Gasteiger partial charge in [0.25, 0.3) is 11.6 Å². The maximum absolute atomic E-state index is 12.8. The average molecular weight is 389 g/mol. The second-order valence-electron chi connectivity index (χ2n) is 5.08. The molecule has 0 saturated carbocycles. The summed E-state index contributed by atoms with van der Waals surface area (Å²) in [7, 11) is 0. The predicted octanol–water partition coefficient (Wildman–Crippen LogP) is 4.08. The zero-order chi connectivity index (χ0) is 19.3. The number of nitro groups is 1. The standard InChI is InChI=1S/C16H12ClF3N2O4/c17-12-1-3-14(4-2-12)26-6-5-21-15(23)10-7-11(16(18,19)20)9-13(8-10)22(24)25/h1-4,7-9H,5-6H2,(H,21,23). The zero-order valence-corrected chi connectivity index (χ0v) is 13.8. The Kier molecular flexibility index (Phi) is 6.04. The van der Waals surface area contributed by atoms with E-state index in [4.69, 9.17) is 16.3 Å². The highest BCUT2D eigenvalue weighted by Gasteiger charge is 2.33. The molecule has 6 nitrogen and oxygen atoms in total. The highest BCUT2D eigenvalue weighted by Crippen LogP contribution is 2.32. The minimum atomic E-state index is -4.81. The van der Waals surface area contributed by atoms with Crippen molar-refractivity contribution in [2.24, 2.45) is 0 Å². The van der Waals surface area contributed by atoms with Crippen LogP contribution >= 0.6 is 11.6 Å². The smallest absolute Gasteiger partial charge is 0.416 e.